The van der Waals surface area contributed by atoms with E-state index in [1.54, 1.807) is 0 Å². The summed E-state index contributed by atoms with van der Waals surface area (Å²) >= 11 is 0. The zero-order chi connectivity index (χ0) is 12.8. The second-order valence-electron chi connectivity index (χ2n) is 3.58. The van der Waals surface area contributed by atoms with Gasteiger partial charge in [-0.1, -0.05) is 6.92 Å². The first kappa shape index (κ1) is 13.2. The number of aromatic amines is 2. The van der Waals surface area contributed by atoms with Gasteiger partial charge in [0.15, 0.2) is 0 Å². The number of aliphatic hydroxyl groups is 1. The largest absolute Gasteiger partial charge is 0.396 e. The number of aromatic nitrogens is 2. The summed E-state index contributed by atoms with van der Waals surface area (Å²) in [6.45, 7) is 1.82. The number of aliphatic hydroxyl groups excluding tert-OH is 1. The zero-order valence-corrected chi connectivity index (χ0v) is 9.45. The second-order valence-corrected chi connectivity index (χ2v) is 3.58. The summed E-state index contributed by atoms with van der Waals surface area (Å²) in [7, 11) is 0. The number of hydrogen-bond acceptors (Lipinski definition) is 4. The minimum Gasteiger partial charge on any atom is -0.396 e. The van der Waals surface area contributed by atoms with E-state index in [1.807, 2.05) is 11.9 Å². The van der Waals surface area contributed by atoms with Crippen molar-refractivity contribution in [2.24, 2.45) is 0 Å². The number of amides is 1. The summed E-state index contributed by atoms with van der Waals surface area (Å²) in [4.78, 5) is 38.0. The van der Waals surface area contributed by atoms with Gasteiger partial charge in [-0.25, -0.2) is 4.79 Å². The molecule has 1 aromatic heterocycles. The summed E-state index contributed by atoms with van der Waals surface area (Å²) < 4.78 is 0. The molecule has 0 aliphatic rings. The van der Waals surface area contributed by atoms with Gasteiger partial charge in [-0.15, -0.1) is 0 Å². The topological polar surface area (TPSA) is 115 Å². The summed E-state index contributed by atoms with van der Waals surface area (Å²) in [6.07, 6.45) is 2.14. The summed E-state index contributed by atoms with van der Waals surface area (Å²) in [6, 6.07) is -0.196. The predicted molar refractivity (Wildman–Crippen MR) is 60.9 cm³/mol. The van der Waals surface area contributed by atoms with E-state index in [0.29, 0.717) is 12.8 Å². The smallest absolute Gasteiger partial charge is 0.325 e. The fourth-order valence-corrected chi connectivity index (χ4v) is 1.38. The maximum absolute atomic E-state index is 11.7. The van der Waals surface area contributed by atoms with Gasteiger partial charge in [-0.05, 0) is 12.8 Å². The van der Waals surface area contributed by atoms with Crippen LogP contribution in [0.25, 0.3) is 0 Å². The molecule has 1 heterocycles. The van der Waals surface area contributed by atoms with Crippen molar-refractivity contribution in [3.63, 3.8) is 0 Å². The molecule has 0 fully saturated rings. The lowest BCUT2D eigenvalue weighted by molar-refractivity contribution is 0.0927. The first-order chi connectivity index (χ1) is 8.08. The van der Waals surface area contributed by atoms with E-state index in [0.717, 1.165) is 6.20 Å². The van der Waals surface area contributed by atoms with Crippen molar-refractivity contribution < 1.29 is 9.90 Å². The molecular weight excluding hydrogens is 226 g/mol. The average molecular weight is 241 g/mol. The molecular formula is C10H15N3O4. The predicted octanol–water partition coefficient (Wildman–Crippen LogP) is -1.05. The van der Waals surface area contributed by atoms with Gasteiger partial charge in [-0.2, -0.15) is 0 Å². The number of rotatable bonds is 5. The van der Waals surface area contributed by atoms with Crippen molar-refractivity contribution in [2.75, 3.05) is 6.61 Å². The maximum Gasteiger partial charge on any atom is 0.325 e. The molecule has 17 heavy (non-hydrogen) atoms. The standard InChI is InChI=1S/C10H15N3O4/c1-2-6(3-4-14)12-8(15)7-5-11-10(17)13-9(7)16/h5-6,14H,2-4H2,1H3,(H,12,15)(H2,11,13,16,17). The van der Waals surface area contributed by atoms with Gasteiger partial charge in [0.05, 0.1) is 0 Å². The fourth-order valence-electron chi connectivity index (χ4n) is 1.38. The molecule has 1 aromatic rings. The van der Waals surface area contributed by atoms with Gasteiger partial charge >= 0.3 is 5.69 Å². The summed E-state index contributed by atoms with van der Waals surface area (Å²) in [5.41, 5.74) is -1.54. The van der Waals surface area contributed by atoms with Crippen LogP contribution < -0.4 is 16.6 Å². The molecule has 94 valence electrons. The van der Waals surface area contributed by atoms with Crippen LogP contribution in [0.1, 0.15) is 30.1 Å². The first-order valence-electron chi connectivity index (χ1n) is 5.32. The van der Waals surface area contributed by atoms with Crippen molar-refractivity contribution in [1.82, 2.24) is 15.3 Å². The van der Waals surface area contributed by atoms with Crippen LogP contribution in [0.15, 0.2) is 15.8 Å². The van der Waals surface area contributed by atoms with Gasteiger partial charge in [0.1, 0.15) is 5.56 Å². The number of carbonyl (C=O) groups excluding carboxylic acids is 1. The highest BCUT2D eigenvalue weighted by molar-refractivity contribution is 5.93. The number of H-pyrrole nitrogens is 2. The molecule has 1 atom stereocenters. The molecule has 0 saturated heterocycles. The van der Waals surface area contributed by atoms with Crippen LogP contribution in [0.2, 0.25) is 0 Å². The van der Waals surface area contributed by atoms with E-state index in [9.17, 15) is 14.4 Å². The molecule has 7 nitrogen and oxygen atoms in total. The second kappa shape index (κ2) is 6.00. The Morgan fingerprint density at radius 2 is 2.24 bits per heavy atom. The zero-order valence-electron chi connectivity index (χ0n) is 9.45. The molecule has 1 unspecified atom stereocenters. The third-order valence-electron chi connectivity index (χ3n) is 2.37. The molecule has 1 rings (SSSR count). The van der Waals surface area contributed by atoms with Crippen molar-refractivity contribution in [1.29, 1.82) is 0 Å². The molecule has 0 spiro atoms. The molecule has 0 bridgehead atoms. The van der Waals surface area contributed by atoms with Gasteiger partial charge in [0, 0.05) is 18.8 Å². The Balaban J connectivity index is 2.82. The van der Waals surface area contributed by atoms with Crippen LogP contribution in [0.3, 0.4) is 0 Å². The Morgan fingerprint density at radius 3 is 2.76 bits per heavy atom. The van der Waals surface area contributed by atoms with Gasteiger partial charge < -0.3 is 15.4 Å². The third kappa shape index (κ3) is 3.56. The minimum absolute atomic E-state index is 0.0409. The number of nitrogens with one attached hydrogen (secondary N) is 3. The highest BCUT2D eigenvalue weighted by Crippen LogP contribution is 1.98. The Kier molecular flexibility index (Phi) is 4.65. The van der Waals surface area contributed by atoms with E-state index < -0.39 is 17.2 Å². The van der Waals surface area contributed by atoms with E-state index in [1.165, 1.54) is 0 Å². The molecule has 0 radical (unpaired) electrons. The van der Waals surface area contributed by atoms with Crippen LogP contribution in [-0.4, -0.2) is 33.6 Å². The monoisotopic (exact) mass is 241 g/mol. The molecule has 0 aromatic carbocycles. The molecule has 4 N–H and O–H groups in total. The average Bonchev–Trinajstić information content (AvgIpc) is 2.28. The Bertz CT molecular complexity index is 491. The summed E-state index contributed by atoms with van der Waals surface area (Å²) in [5, 5.41) is 11.4. The highest BCUT2D eigenvalue weighted by atomic mass is 16.3. The lowest BCUT2D eigenvalue weighted by Gasteiger charge is -2.14. The van der Waals surface area contributed by atoms with Crippen molar-refractivity contribution in [3.05, 3.63) is 32.6 Å². The minimum atomic E-state index is -0.731. The normalized spacial score (nSPS) is 12.1. The van der Waals surface area contributed by atoms with E-state index >= 15 is 0 Å². The molecule has 1 amide bonds. The Hall–Kier alpha value is -1.89. The third-order valence-corrected chi connectivity index (χ3v) is 2.37. The maximum atomic E-state index is 11.7. The molecule has 0 saturated carbocycles. The SMILES string of the molecule is CCC(CCO)NC(=O)c1c[nH]c(=O)[nH]c1=O. The molecule has 0 aliphatic heterocycles. The van der Waals surface area contributed by atoms with Crippen LogP contribution in [0.4, 0.5) is 0 Å². The highest BCUT2D eigenvalue weighted by Gasteiger charge is 2.14. The van der Waals surface area contributed by atoms with Crippen molar-refractivity contribution >= 4 is 5.91 Å². The number of hydrogen-bond donors (Lipinski definition) is 4. The van der Waals surface area contributed by atoms with Crippen molar-refractivity contribution in [2.45, 2.75) is 25.8 Å². The lowest BCUT2D eigenvalue weighted by Crippen LogP contribution is -2.39. The summed E-state index contributed by atoms with van der Waals surface area (Å²) in [5.74, 6) is -0.567. The lowest BCUT2D eigenvalue weighted by atomic mass is 10.1. The van der Waals surface area contributed by atoms with E-state index in [2.05, 4.69) is 10.3 Å². The van der Waals surface area contributed by atoms with Gasteiger partial charge in [0.25, 0.3) is 11.5 Å². The van der Waals surface area contributed by atoms with Crippen LogP contribution in [0.5, 0.6) is 0 Å². The molecule has 0 aliphatic carbocycles. The van der Waals surface area contributed by atoms with Crippen LogP contribution in [0, 0.1) is 0 Å². The van der Waals surface area contributed by atoms with Crippen molar-refractivity contribution in [3.8, 4) is 0 Å². The first-order valence-corrected chi connectivity index (χ1v) is 5.32. The van der Waals surface area contributed by atoms with Crippen LogP contribution >= 0.6 is 0 Å². The molecule has 7 heteroatoms. The quantitative estimate of drug-likeness (QED) is 0.526. The van der Waals surface area contributed by atoms with E-state index in [4.69, 9.17) is 5.11 Å². The Labute approximate surface area is 96.9 Å². The fraction of sp³-hybridized carbons (Fsp3) is 0.500. The van der Waals surface area contributed by atoms with Gasteiger partial charge in [0.2, 0.25) is 0 Å². The van der Waals surface area contributed by atoms with Gasteiger partial charge in [-0.3, -0.25) is 14.6 Å². The van der Waals surface area contributed by atoms with Crippen LogP contribution in [-0.2, 0) is 0 Å². The Morgan fingerprint density at radius 1 is 1.53 bits per heavy atom. The van der Waals surface area contributed by atoms with E-state index in [-0.39, 0.29) is 18.2 Å². The number of carbonyl (C=O) groups is 1.